The van der Waals surface area contributed by atoms with Crippen molar-refractivity contribution in [1.29, 1.82) is 0 Å². The van der Waals surface area contributed by atoms with Crippen molar-refractivity contribution >= 4 is 29.6 Å². The molecule has 0 radical (unpaired) electrons. The molecule has 1 aliphatic carbocycles. The number of imide groups is 1. The Morgan fingerprint density at radius 1 is 1.24 bits per heavy atom. The second-order valence-electron chi connectivity index (χ2n) is 7.49. The molecular weight excluding hydrogens is 376 g/mol. The average Bonchev–Trinajstić information content (AvgIpc) is 3.30. The van der Waals surface area contributed by atoms with E-state index in [-0.39, 0.29) is 18.0 Å². The van der Waals surface area contributed by atoms with Gasteiger partial charge in [0.2, 0.25) is 11.8 Å². The maximum atomic E-state index is 13.0. The summed E-state index contributed by atoms with van der Waals surface area (Å²) < 4.78 is 0. The highest BCUT2D eigenvalue weighted by molar-refractivity contribution is 5.99. The Balaban J connectivity index is 1.74. The Kier molecular flexibility index (Phi) is 6.05. The van der Waals surface area contributed by atoms with E-state index in [4.69, 9.17) is 0 Å². The summed E-state index contributed by atoms with van der Waals surface area (Å²) in [5.41, 5.74) is 2.23. The molecule has 1 fully saturated rings. The minimum absolute atomic E-state index is 0.0618. The highest BCUT2D eigenvalue weighted by Gasteiger charge is 2.37. The van der Waals surface area contributed by atoms with Crippen molar-refractivity contribution in [2.24, 2.45) is 0 Å². The molecule has 9 heteroatoms. The van der Waals surface area contributed by atoms with E-state index in [0.717, 1.165) is 24.0 Å². The molecule has 1 aromatic carbocycles. The maximum absolute atomic E-state index is 13.0. The van der Waals surface area contributed by atoms with Crippen LogP contribution in [0.25, 0.3) is 0 Å². The number of fused-ring (bicyclic) bond motifs is 1. The number of hydrogen-bond donors (Lipinski definition) is 3. The fourth-order valence-electron chi connectivity index (χ4n) is 4.10. The predicted octanol–water partition coefficient (Wildman–Crippen LogP) is 1.99. The normalized spacial score (nSPS) is 20.1. The molecule has 5 amide bonds. The Morgan fingerprint density at radius 2 is 2.00 bits per heavy atom. The van der Waals surface area contributed by atoms with Gasteiger partial charge in [0.25, 0.3) is 0 Å². The highest BCUT2D eigenvalue weighted by atomic mass is 16.4. The van der Waals surface area contributed by atoms with Crippen LogP contribution in [0.5, 0.6) is 0 Å². The molecule has 0 saturated carbocycles. The lowest BCUT2D eigenvalue weighted by Crippen LogP contribution is -2.47. The van der Waals surface area contributed by atoms with Crippen molar-refractivity contribution in [3.8, 4) is 0 Å². The number of likely N-dealkylation sites (tertiary alicyclic amines) is 1. The summed E-state index contributed by atoms with van der Waals surface area (Å²) >= 11 is 0. The minimum atomic E-state index is -1.42. The van der Waals surface area contributed by atoms with Crippen LogP contribution in [-0.4, -0.2) is 65.0 Å². The fraction of sp³-hybridized carbons (Fsp3) is 0.500. The van der Waals surface area contributed by atoms with E-state index in [9.17, 15) is 24.3 Å². The zero-order valence-corrected chi connectivity index (χ0v) is 16.6. The molecule has 2 atom stereocenters. The molecule has 9 nitrogen and oxygen atoms in total. The van der Waals surface area contributed by atoms with Crippen LogP contribution in [0.1, 0.15) is 43.2 Å². The Morgan fingerprint density at radius 3 is 2.62 bits per heavy atom. The topological polar surface area (TPSA) is 119 Å². The van der Waals surface area contributed by atoms with E-state index in [1.807, 2.05) is 6.92 Å². The number of amides is 5. The third kappa shape index (κ3) is 4.33. The zero-order valence-electron chi connectivity index (χ0n) is 16.6. The molecule has 0 unspecified atom stereocenters. The number of carboxylic acid groups (broad SMARTS) is 1. The largest absolute Gasteiger partial charge is 0.465 e. The monoisotopic (exact) mass is 402 g/mol. The number of carbonyl (C=O) groups is 4. The second-order valence-corrected chi connectivity index (χ2v) is 7.49. The van der Waals surface area contributed by atoms with Crippen LogP contribution in [-0.2, 0) is 16.0 Å². The third-order valence-corrected chi connectivity index (χ3v) is 5.67. The van der Waals surface area contributed by atoms with Crippen LogP contribution >= 0.6 is 0 Å². The number of nitrogens with zero attached hydrogens (tertiary/aromatic N) is 2. The van der Waals surface area contributed by atoms with Gasteiger partial charge in [0.15, 0.2) is 0 Å². The molecule has 156 valence electrons. The molecular formula is C20H26N4O5. The van der Waals surface area contributed by atoms with Gasteiger partial charge in [-0.25, -0.2) is 14.5 Å². The summed E-state index contributed by atoms with van der Waals surface area (Å²) in [5.74, 6) is -1.53. The van der Waals surface area contributed by atoms with Crippen molar-refractivity contribution in [3.63, 3.8) is 0 Å². The van der Waals surface area contributed by atoms with Gasteiger partial charge >= 0.3 is 12.1 Å². The number of anilines is 1. The Bertz CT molecular complexity index is 840. The van der Waals surface area contributed by atoms with Gasteiger partial charge in [0.05, 0.1) is 5.92 Å². The molecule has 3 N–H and O–H groups in total. The highest BCUT2D eigenvalue weighted by Crippen LogP contribution is 2.36. The average molecular weight is 402 g/mol. The molecule has 2 aliphatic rings. The Hall–Kier alpha value is -3.10. The quantitative estimate of drug-likeness (QED) is 0.712. The molecule has 1 saturated heterocycles. The van der Waals surface area contributed by atoms with Gasteiger partial charge in [-0.15, -0.1) is 0 Å². The number of hydrogen-bond acceptors (Lipinski definition) is 4. The fourth-order valence-corrected chi connectivity index (χ4v) is 4.10. The van der Waals surface area contributed by atoms with Crippen molar-refractivity contribution in [2.45, 2.75) is 44.6 Å². The van der Waals surface area contributed by atoms with E-state index in [1.54, 1.807) is 23.1 Å². The van der Waals surface area contributed by atoms with Crippen LogP contribution in [0.3, 0.4) is 0 Å². The number of benzene rings is 1. The zero-order chi connectivity index (χ0) is 21.1. The number of carbonyl (C=O) groups excluding carboxylic acids is 3. The lowest BCUT2D eigenvalue weighted by atomic mass is 9.99. The molecule has 1 aliphatic heterocycles. The van der Waals surface area contributed by atoms with Gasteiger partial charge in [0, 0.05) is 25.3 Å². The van der Waals surface area contributed by atoms with Crippen molar-refractivity contribution in [1.82, 2.24) is 15.1 Å². The van der Waals surface area contributed by atoms with E-state index >= 15 is 0 Å². The summed E-state index contributed by atoms with van der Waals surface area (Å²) in [4.78, 5) is 51.0. The third-order valence-electron chi connectivity index (χ3n) is 5.67. The molecule has 1 heterocycles. The first-order valence-corrected chi connectivity index (χ1v) is 9.77. The molecule has 1 aromatic rings. The van der Waals surface area contributed by atoms with Gasteiger partial charge in [0.1, 0.15) is 6.54 Å². The first-order chi connectivity index (χ1) is 13.8. The molecule has 29 heavy (non-hydrogen) atoms. The number of nitrogens with one attached hydrogen (secondary N) is 2. The van der Waals surface area contributed by atoms with Crippen LogP contribution < -0.4 is 10.6 Å². The second kappa shape index (κ2) is 8.50. The molecule has 0 spiro atoms. The van der Waals surface area contributed by atoms with Crippen LogP contribution in [0.15, 0.2) is 18.2 Å². The van der Waals surface area contributed by atoms with Gasteiger partial charge in [-0.1, -0.05) is 6.07 Å². The Labute approximate surface area is 169 Å². The van der Waals surface area contributed by atoms with Gasteiger partial charge < -0.3 is 20.6 Å². The van der Waals surface area contributed by atoms with Gasteiger partial charge in [-0.05, 0) is 55.9 Å². The molecule has 3 rings (SSSR count). The number of rotatable bonds is 4. The summed E-state index contributed by atoms with van der Waals surface area (Å²) in [6.45, 7) is 2.06. The van der Waals surface area contributed by atoms with Crippen LogP contribution in [0, 0.1) is 0 Å². The van der Waals surface area contributed by atoms with Crippen molar-refractivity contribution < 1.29 is 24.3 Å². The standard InChI is InChI=1S/C20H26N4O5/c1-12-4-3-9-23(12)17(25)11-24(20(28)29)18(26)16-7-5-13-10-14(6-8-15(13)16)22-19(27)21-2/h6,8,10,12,16H,3-5,7,9,11H2,1-2H3,(H,28,29)(H2,21,22,27)/t12-,16+/m1/s1. The number of urea groups is 1. The summed E-state index contributed by atoms with van der Waals surface area (Å²) in [7, 11) is 1.52. The van der Waals surface area contributed by atoms with Crippen molar-refractivity contribution in [2.75, 3.05) is 25.5 Å². The smallest absolute Gasteiger partial charge is 0.414 e. The van der Waals surface area contributed by atoms with Crippen LogP contribution in [0.2, 0.25) is 0 Å². The summed E-state index contributed by atoms with van der Waals surface area (Å²) in [5, 5.41) is 14.7. The lowest BCUT2D eigenvalue weighted by Gasteiger charge is -2.26. The predicted molar refractivity (Wildman–Crippen MR) is 106 cm³/mol. The van der Waals surface area contributed by atoms with E-state index in [0.29, 0.717) is 30.0 Å². The molecule has 0 aromatic heterocycles. The summed E-state index contributed by atoms with van der Waals surface area (Å²) in [6, 6.07) is 4.93. The summed E-state index contributed by atoms with van der Waals surface area (Å²) in [6.07, 6.45) is 1.42. The van der Waals surface area contributed by atoms with Crippen LogP contribution in [0.4, 0.5) is 15.3 Å². The lowest BCUT2D eigenvalue weighted by molar-refractivity contribution is -0.140. The number of aryl methyl sites for hydroxylation is 1. The van der Waals surface area contributed by atoms with Crippen molar-refractivity contribution in [3.05, 3.63) is 29.3 Å². The van der Waals surface area contributed by atoms with E-state index < -0.39 is 24.5 Å². The first-order valence-electron chi connectivity index (χ1n) is 9.77. The molecule has 0 bridgehead atoms. The van der Waals surface area contributed by atoms with Gasteiger partial charge in [-0.3, -0.25) is 9.59 Å². The van der Waals surface area contributed by atoms with Gasteiger partial charge in [-0.2, -0.15) is 0 Å². The minimum Gasteiger partial charge on any atom is -0.465 e. The maximum Gasteiger partial charge on any atom is 0.414 e. The van der Waals surface area contributed by atoms with E-state index in [1.165, 1.54) is 7.05 Å². The van der Waals surface area contributed by atoms with E-state index in [2.05, 4.69) is 10.6 Å². The SMILES string of the molecule is CNC(=O)Nc1ccc2c(c1)CC[C@@H]2C(=O)N(CC(=O)N1CCC[C@H]1C)C(=O)O. The first kappa shape index (κ1) is 20.6.